The molecule has 2 heterocycles. The topological polar surface area (TPSA) is 34.8 Å². The number of aromatic nitrogens is 2. The fraction of sp³-hybridized carbons (Fsp3) is 0.0811. The van der Waals surface area contributed by atoms with Gasteiger partial charge in [-0.1, -0.05) is 109 Å². The van der Waals surface area contributed by atoms with Crippen molar-refractivity contribution in [2.75, 3.05) is 19.0 Å². The van der Waals surface area contributed by atoms with E-state index in [9.17, 15) is 0 Å². The standard InChI is InChI=1S/C37H31N3/c1-40(2)28-23-21-25(22-24-28)33(34-29-17-9-11-19-31(29)38-36(34)26-13-5-3-6-14-26)35-30-18-10-12-20-32(30)39-37(35)27-15-7-4-8-16-27/h3-24,33,38-39H,1-2H3. The second-order valence-electron chi connectivity index (χ2n) is 10.6. The highest BCUT2D eigenvalue weighted by Gasteiger charge is 2.30. The number of anilines is 1. The monoisotopic (exact) mass is 517 g/mol. The zero-order chi connectivity index (χ0) is 27.1. The Morgan fingerprint density at radius 3 is 1.35 bits per heavy atom. The highest BCUT2D eigenvalue weighted by Crippen LogP contribution is 2.47. The molecule has 40 heavy (non-hydrogen) atoms. The summed E-state index contributed by atoms with van der Waals surface area (Å²) in [5.41, 5.74) is 12.0. The molecule has 7 rings (SSSR count). The van der Waals surface area contributed by atoms with Crippen LogP contribution in [0.3, 0.4) is 0 Å². The van der Waals surface area contributed by atoms with Gasteiger partial charge in [0.25, 0.3) is 0 Å². The van der Waals surface area contributed by atoms with Gasteiger partial charge in [-0.25, -0.2) is 0 Å². The lowest BCUT2D eigenvalue weighted by Crippen LogP contribution is -2.10. The van der Waals surface area contributed by atoms with Gasteiger partial charge in [0, 0.05) is 47.5 Å². The van der Waals surface area contributed by atoms with Gasteiger partial charge >= 0.3 is 0 Å². The second-order valence-corrected chi connectivity index (χ2v) is 10.6. The Bertz CT molecular complexity index is 1790. The molecule has 0 saturated heterocycles. The predicted octanol–water partition coefficient (Wildman–Crippen LogP) is 9.23. The number of para-hydroxylation sites is 2. The number of hydrogen-bond donors (Lipinski definition) is 2. The lowest BCUT2D eigenvalue weighted by Gasteiger charge is -2.23. The van der Waals surface area contributed by atoms with Crippen molar-refractivity contribution in [1.82, 2.24) is 9.97 Å². The van der Waals surface area contributed by atoms with Crippen LogP contribution in [0.4, 0.5) is 5.69 Å². The molecule has 0 aliphatic heterocycles. The molecule has 0 spiro atoms. The lowest BCUT2D eigenvalue weighted by atomic mass is 9.80. The SMILES string of the molecule is CN(C)c1ccc(C(c2c(-c3ccccc3)[nH]c3ccccc23)c2c(-c3ccccc3)[nH]c3ccccc23)cc1. The average Bonchev–Trinajstić information content (AvgIpc) is 3.58. The molecule has 0 bridgehead atoms. The van der Waals surface area contributed by atoms with Gasteiger partial charge in [0.05, 0.1) is 11.4 Å². The fourth-order valence-electron chi connectivity index (χ4n) is 6.03. The van der Waals surface area contributed by atoms with Crippen LogP contribution in [0.1, 0.15) is 22.6 Å². The maximum atomic E-state index is 3.81. The molecular formula is C37H31N3. The maximum absolute atomic E-state index is 3.81. The Labute approximate surface area is 234 Å². The van der Waals surface area contributed by atoms with Gasteiger partial charge in [-0.05, 0) is 52.1 Å². The van der Waals surface area contributed by atoms with E-state index in [1.807, 2.05) is 0 Å². The molecule has 0 amide bonds. The molecule has 0 unspecified atom stereocenters. The average molecular weight is 518 g/mol. The van der Waals surface area contributed by atoms with E-state index in [1.54, 1.807) is 0 Å². The van der Waals surface area contributed by atoms with E-state index in [2.05, 4.69) is 162 Å². The molecule has 0 radical (unpaired) electrons. The van der Waals surface area contributed by atoms with E-state index < -0.39 is 0 Å². The number of hydrogen-bond acceptors (Lipinski definition) is 1. The van der Waals surface area contributed by atoms with Crippen LogP contribution in [-0.4, -0.2) is 24.1 Å². The van der Waals surface area contributed by atoms with E-state index in [-0.39, 0.29) is 5.92 Å². The highest BCUT2D eigenvalue weighted by molar-refractivity contribution is 5.97. The molecular weight excluding hydrogens is 486 g/mol. The van der Waals surface area contributed by atoms with Crippen molar-refractivity contribution in [3.05, 3.63) is 150 Å². The molecule has 5 aromatic carbocycles. The largest absolute Gasteiger partial charge is 0.378 e. The third kappa shape index (κ3) is 4.07. The van der Waals surface area contributed by atoms with Gasteiger partial charge in [0.15, 0.2) is 0 Å². The zero-order valence-electron chi connectivity index (χ0n) is 22.7. The molecule has 7 aromatic rings. The van der Waals surface area contributed by atoms with Gasteiger partial charge < -0.3 is 14.9 Å². The molecule has 2 N–H and O–H groups in total. The van der Waals surface area contributed by atoms with Gasteiger partial charge in [-0.2, -0.15) is 0 Å². The van der Waals surface area contributed by atoms with Crippen molar-refractivity contribution in [3.63, 3.8) is 0 Å². The third-order valence-electron chi connectivity index (χ3n) is 7.94. The van der Waals surface area contributed by atoms with Crippen LogP contribution in [0.25, 0.3) is 44.3 Å². The van der Waals surface area contributed by atoms with E-state index in [1.165, 1.54) is 44.3 Å². The van der Waals surface area contributed by atoms with Crippen molar-refractivity contribution in [2.45, 2.75) is 5.92 Å². The summed E-state index contributed by atoms with van der Waals surface area (Å²) in [6.07, 6.45) is 0. The van der Waals surface area contributed by atoms with Crippen LogP contribution in [0.2, 0.25) is 0 Å². The molecule has 3 nitrogen and oxygen atoms in total. The summed E-state index contributed by atoms with van der Waals surface area (Å²) in [6, 6.07) is 47.9. The number of H-pyrrole nitrogens is 2. The smallest absolute Gasteiger partial charge is 0.0507 e. The second kappa shape index (κ2) is 9.94. The van der Waals surface area contributed by atoms with Crippen molar-refractivity contribution in [3.8, 4) is 22.5 Å². The Balaban J connectivity index is 1.60. The van der Waals surface area contributed by atoms with Crippen LogP contribution in [0, 0.1) is 0 Å². The van der Waals surface area contributed by atoms with E-state index in [0.717, 1.165) is 22.4 Å². The van der Waals surface area contributed by atoms with E-state index in [4.69, 9.17) is 0 Å². The molecule has 0 atom stereocenters. The number of nitrogens with one attached hydrogen (secondary N) is 2. The summed E-state index contributed by atoms with van der Waals surface area (Å²) >= 11 is 0. The minimum absolute atomic E-state index is 0.0195. The van der Waals surface area contributed by atoms with Gasteiger partial charge in [-0.3, -0.25) is 0 Å². The summed E-state index contributed by atoms with van der Waals surface area (Å²) in [6.45, 7) is 0. The first kappa shape index (κ1) is 24.1. The Kier molecular flexibility index (Phi) is 5.98. The quantitative estimate of drug-likeness (QED) is 0.226. The summed E-state index contributed by atoms with van der Waals surface area (Å²) in [7, 11) is 4.18. The van der Waals surface area contributed by atoms with Crippen molar-refractivity contribution < 1.29 is 0 Å². The minimum atomic E-state index is -0.0195. The number of nitrogens with zero attached hydrogens (tertiary/aromatic N) is 1. The first-order valence-electron chi connectivity index (χ1n) is 13.8. The van der Waals surface area contributed by atoms with Crippen LogP contribution >= 0.6 is 0 Å². The zero-order valence-corrected chi connectivity index (χ0v) is 22.7. The highest BCUT2D eigenvalue weighted by atomic mass is 15.1. The first-order chi connectivity index (χ1) is 19.7. The Morgan fingerprint density at radius 2 is 0.900 bits per heavy atom. The van der Waals surface area contributed by atoms with E-state index >= 15 is 0 Å². The molecule has 194 valence electrons. The minimum Gasteiger partial charge on any atom is -0.378 e. The Hall–Kier alpha value is -5.02. The van der Waals surface area contributed by atoms with Crippen molar-refractivity contribution >= 4 is 27.5 Å². The molecule has 3 heteroatoms. The number of fused-ring (bicyclic) bond motifs is 2. The van der Waals surface area contributed by atoms with Crippen LogP contribution < -0.4 is 4.90 Å². The number of rotatable bonds is 6. The normalized spacial score (nSPS) is 11.5. The number of aromatic amines is 2. The van der Waals surface area contributed by atoms with Crippen molar-refractivity contribution in [1.29, 1.82) is 0 Å². The maximum Gasteiger partial charge on any atom is 0.0507 e. The first-order valence-corrected chi connectivity index (χ1v) is 13.8. The third-order valence-corrected chi connectivity index (χ3v) is 7.94. The van der Waals surface area contributed by atoms with Gasteiger partial charge in [0.2, 0.25) is 0 Å². The lowest BCUT2D eigenvalue weighted by molar-refractivity contribution is 1.00. The van der Waals surface area contributed by atoms with Crippen LogP contribution in [-0.2, 0) is 0 Å². The van der Waals surface area contributed by atoms with E-state index in [0.29, 0.717) is 0 Å². The Morgan fingerprint density at radius 1 is 0.475 bits per heavy atom. The molecule has 0 aliphatic rings. The summed E-state index contributed by atoms with van der Waals surface area (Å²) in [5.74, 6) is -0.0195. The van der Waals surface area contributed by atoms with Crippen molar-refractivity contribution in [2.24, 2.45) is 0 Å². The van der Waals surface area contributed by atoms with Crippen LogP contribution in [0.15, 0.2) is 133 Å². The molecule has 2 aromatic heterocycles. The summed E-state index contributed by atoms with van der Waals surface area (Å²) in [5, 5.41) is 2.49. The van der Waals surface area contributed by atoms with Gasteiger partial charge in [-0.15, -0.1) is 0 Å². The van der Waals surface area contributed by atoms with Crippen LogP contribution in [0.5, 0.6) is 0 Å². The van der Waals surface area contributed by atoms with Gasteiger partial charge in [0.1, 0.15) is 0 Å². The molecule has 0 fully saturated rings. The predicted molar refractivity (Wildman–Crippen MR) is 169 cm³/mol. The summed E-state index contributed by atoms with van der Waals surface area (Å²) in [4.78, 5) is 9.78. The molecule has 0 aliphatic carbocycles. The molecule has 0 saturated carbocycles. The fourth-order valence-corrected chi connectivity index (χ4v) is 6.03. The number of benzene rings is 5. The summed E-state index contributed by atoms with van der Waals surface area (Å²) < 4.78 is 0.